The number of aromatic nitrogens is 2. The molecule has 7 nitrogen and oxygen atoms in total. The molecular weight excluding hydrogens is 461 g/mol. The monoisotopic (exact) mass is 488 g/mol. The number of alkyl halides is 3. The van der Waals surface area contributed by atoms with E-state index in [0.29, 0.717) is 52.8 Å². The molecule has 1 unspecified atom stereocenters. The van der Waals surface area contributed by atoms with Gasteiger partial charge in [0, 0.05) is 29.5 Å². The van der Waals surface area contributed by atoms with E-state index in [1.54, 1.807) is 14.0 Å². The number of rotatable bonds is 7. The minimum atomic E-state index is -4.49. The van der Waals surface area contributed by atoms with Crippen molar-refractivity contribution in [2.75, 3.05) is 31.4 Å². The van der Waals surface area contributed by atoms with Crippen molar-refractivity contribution < 1.29 is 27.4 Å². The largest absolute Gasteiger partial charge is 0.493 e. The lowest BCUT2D eigenvalue weighted by atomic mass is 10.0. The van der Waals surface area contributed by atoms with Crippen molar-refractivity contribution >= 4 is 22.4 Å². The first-order valence-electron chi connectivity index (χ1n) is 11.6. The molecule has 2 fully saturated rings. The molecule has 1 saturated carbocycles. The SMILES string of the molecule is COc1cc2nc(C3CC3)nc(N[C@H](C)c3cc(N)cc(C(F)(F)F)c3)c2cc1OC1CCOC1. The average Bonchev–Trinajstić information content (AvgIpc) is 3.54. The number of nitrogens with zero attached hydrogens (tertiary/aromatic N) is 2. The summed E-state index contributed by atoms with van der Waals surface area (Å²) in [7, 11) is 1.57. The molecule has 3 aromatic rings. The van der Waals surface area contributed by atoms with E-state index < -0.39 is 17.8 Å². The van der Waals surface area contributed by atoms with Crippen LogP contribution in [-0.4, -0.2) is 36.4 Å². The molecule has 0 amide bonds. The highest BCUT2D eigenvalue weighted by molar-refractivity contribution is 5.92. The maximum absolute atomic E-state index is 13.3. The summed E-state index contributed by atoms with van der Waals surface area (Å²) in [4.78, 5) is 9.49. The highest BCUT2D eigenvalue weighted by Gasteiger charge is 2.32. The summed E-state index contributed by atoms with van der Waals surface area (Å²) < 4.78 is 57.2. The Balaban J connectivity index is 1.54. The minimum absolute atomic E-state index is 0.0499. The van der Waals surface area contributed by atoms with Crippen LogP contribution in [0.1, 0.15) is 55.1 Å². The molecule has 3 N–H and O–H groups in total. The van der Waals surface area contributed by atoms with Crippen LogP contribution < -0.4 is 20.5 Å². The first kappa shape index (κ1) is 23.5. The fraction of sp³-hybridized carbons (Fsp3) is 0.440. The fourth-order valence-corrected chi connectivity index (χ4v) is 4.20. The molecule has 0 bridgehead atoms. The van der Waals surface area contributed by atoms with E-state index in [-0.39, 0.29) is 17.7 Å². The summed E-state index contributed by atoms with van der Waals surface area (Å²) in [6, 6.07) is 6.71. The average molecular weight is 489 g/mol. The number of hydrogen-bond donors (Lipinski definition) is 2. The molecule has 1 saturated heterocycles. The Hall–Kier alpha value is -3.27. The molecule has 0 spiro atoms. The van der Waals surface area contributed by atoms with Crippen LogP contribution in [0.2, 0.25) is 0 Å². The summed E-state index contributed by atoms with van der Waals surface area (Å²) in [5, 5.41) is 3.98. The van der Waals surface area contributed by atoms with Gasteiger partial charge in [-0.3, -0.25) is 0 Å². The van der Waals surface area contributed by atoms with Crippen molar-refractivity contribution in [3.8, 4) is 11.5 Å². The minimum Gasteiger partial charge on any atom is -0.493 e. The molecule has 2 aliphatic rings. The third-order valence-electron chi connectivity index (χ3n) is 6.28. The van der Waals surface area contributed by atoms with E-state index in [1.165, 1.54) is 6.07 Å². The molecule has 1 aliphatic heterocycles. The number of anilines is 2. The first-order valence-corrected chi connectivity index (χ1v) is 11.6. The number of hydrogen-bond acceptors (Lipinski definition) is 7. The van der Waals surface area contributed by atoms with Crippen LogP contribution in [0.5, 0.6) is 11.5 Å². The van der Waals surface area contributed by atoms with Gasteiger partial charge in [0.1, 0.15) is 17.7 Å². The van der Waals surface area contributed by atoms with E-state index >= 15 is 0 Å². The van der Waals surface area contributed by atoms with Gasteiger partial charge in [0.25, 0.3) is 0 Å². The molecule has 186 valence electrons. The normalized spacial score (nSPS) is 19.1. The topological polar surface area (TPSA) is 91.5 Å². The Morgan fingerprint density at radius 3 is 2.54 bits per heavy atom. The lowest BCUT2D eigenvalue weighted by Crippen LogP contribution is -2.16. The zero-order valence-corrected chi connectivity index (χ0v) is 19.5. The van der Waals surface area contributed by atoms with Gasteiger partial charge in [-0.1, -0.05) is 0 Å². The lowest BCUT2D eigenvalue weighted by molar-refractivity contribution is -0.137. The van der Waals surface area contributed by atoms with E-state index in [0.717, 1.165) is 31.4 Å². The van der Waals surface area contributed by atoms with E-state index in [2.05, 4.69) is 5.32 Å². The number of halogens is 3. The lowest BCUT2D eigenvalue weighted by Gasteiger charge is -2.20. The Labute approximate surface area is 200 Å². The highest BCUT2D eigenvalue weighted by atomic mass is 19.4. The van der Waals surface area contributed by atoms with Gasteiger partial charge in [-0.05, 0) is 49.6 Å². The molecule has 35 heavy (non-hydrogen) atoms. The van der Waals surface area contributed by atoms with Crippen molar-refractivity contribution in [1.29, 1.82) is 0 Å². The maximum Gasteiger partial charge on any atom is 0.416 e. The second-order valence-corrected chi connectivity index (χ2v) is 9.08. The molecule has 1 aromatic heterocycles. The Bertz CT molecular complexity index is 1240. The van der Waals surface area contributed by atoms with Crippen LogP contribution in [0.3, 0.4) is 0 Å². The van der Waals surface area contributed by atoms with E-state index in [9.17, 15) is 13.2 Å². The van der Waals surface area contributed by atoms with Crippen LogP contribution in [0.4, 0.5) is 24.7 Å². The van der Waals surface area contributed by atoms with Crippen molar-refractivity contribution in [1.82, 2.24) is 9.97 Å². The molecule has 1 aliphatic carbocycles. The van der Waals surface area contributed by atoms with Crippen LogP contribution in [0.15, 0.2) is 30.3 Å². The second kappa shape index (κ2) is 9.07. The van der Waals surface area contributed by atoms with Gasteiger partial charge < -0.3 is 25.3 Å². The molecule has 10 heteroatoms. The Kier molecular flexibility index (Phi) is 6.08. The zero-order chi connectivity index (χ0) is 24.7. The van der Waals surface area contributed by atoms with Crippen molar-refractivity contribution in [3.63, 3.8) is 0 Å². The van der Waals surface area contributed by atoms with Crippen molar-refractivity contribution in [3.05, 3.63) is 47.3 Å². The molecular formula is C25H27F3N4O3. The van der Waals surface area contributed by atoms with Crippen molar-refractivity contribution in [2.24, 2.45) is 0 Å². The quantitative estimate of drug-likeness (QED) is 0.427. The summed E-state index contributed by atoms with van der Waals surface area (Å²) in [5.41, 5.74) is 6.13. The number of benzene rings is 2. The van der Waals surface area contributed by atoms with Crippen LogP contribution in [0.25, 0.3) is 10.9 Å². The number of nitrogens with one attached hydrogen (secondary N) is 1. The van der Waals surface area contributed by atoms with E-state index in [1.807, 2.05) is 12.1 Å². The number of nitrogen functional groups attached to an aromatic ring is 1. The molecule has 5 rings (SSSR count). The van der Waals surface area contributed by atoms with Gasteiger partial charge in [-0.2, -0.15) is 13.2 Å². The summed E-state index contributed by atoms with van der Waals surface area (Å²) in [6.45, 7) is 2.91. The molecule has 2 heterocycles. The van der Waals surface area contributed by atoms with Gasteiger partial charge in [-0.15, -0.1) is 0 Å². The van der Waals surface area contributed by atoms with Crippen molar-refractivity contribution in [2.45, 2.75) is 50.4 Å². The summed E-state index contributed by atoms with van der Waals surface area (Å²) in [5.74, 6) is 2.59. The van der Waals surface area contributed by atoms with Gasteiger partial charge in [0.05, 0.1) is 37.4 Å². The predicted molar refractivity (Wildman–Crippen MR) is 126 cm³/mol. The molecule has 2 aromatic carbocycles. The van der Waals surface area contributed by atoms with Gasteiger partial charge in [0.2, 0.25) is 0 Å². The van der Waals surface area contributed by atoms with Gasteiger partial charge >= 0.3 is 6.18 Å². The smallest absolute Gasteiger partial charge is 0.416 e. The number of fused-ring (bicyclic) bond motifs is 1. The third kappa shape index (κ3) is 5.07. The van der Waals surface area contributed by atoms with Crippen LogP contribution in [-0.2, 0) is 10.9 Å². The predicted octanol–water partition coefficient (Wildman–Crippen LogP) is 5.46. The highest BCUT2D eigenvalue weighted by Crippen LogP contribution is 2.42. The maximum atomic E-state index is 13.3. The van der Waals surface area contributed by atoms with Gasteiger partial charge in [-0.25, -0.2) is 9.97 Å². The van der Waals surface area contributed by atoms with Gasteiger partial charge in [0.15, 0.2) is 11.5 Å². The number of nitrogens with two attached hydrogens (primary N) is 1. The Morgan fingerprint density at radius 2 is 1.89 bits per heavy atom. The first-order chi connectivity index (χ1) is 16.7. The zero-order valence-electron chi connectivity index (χ0n) is 19.5. The van der Waals surface area contributed by atoms with Crippen LogP contribution >= 0.6 is 0 Å². The molecule has 2 atom stereocenters. The standard InChI is InChI=1S/C25H27F3N4O3/c1-13(15-7-16(25(26,27)28)9-17(29)8-15)30-24-19-10-22(35-18-5-6-34-12-18)21(33-2)11-20(19)31-23(32-24)14-3-4-14/h7-11,13-14,18H,3-6,12,29H2,1-2H3,(H,30,31,32)/t13-,18?/m1/s1. The third-order valence-corrected chi connectivity index (χ3v) is 6.28. The van der Waals surface area contributed by atoms with E-state index in [4.69, 9.17) is 29.9 Å². The fourth-order valence-electron chi connectivity index (χ4n) is 4.20. The Morgan fingerprint density at radius 1 is 1.09 bits per heavy atom. The summed E-state index contributed by atoms with van der Waals surface area (Å²) in [6.07, 6.45) is -1.79. The molecule has 0 radical (unpaired) electrons. The number of ether oxygens (including phenoxy) is 3. The number of methoxy groups -OCH3 is 1. The second-order valence-electron chi connectivity index (χ2n) is 9.08. The summed E-state index contributed by atoms with van der Waals surface area (Å²) >= 11 is 0. The van der Waals surface area contributed by atoms with Crippen LogP contribution in [0, 0.1) is 0 Å².